The third-order valence-corrected chi connectivity index (χ3v) is 6.52. The Balaban J connectivity index is 5.14. The molecule has 0 aromatic rings. The third kappa shape index (κ3) is 7.98. The topological polar surface area (TPSA) is 29.1 Å². The van der Waals surface area contributed by atoms with Crippen LogP contribution in [0, 0.1) is 5.41 Å². The highest BCUT2D eigenvalue weighted by molar-refractivity contribution is 7.84. The molecule has 0 heterocycles. The maximum atomic E-state index is 12.7. The van der Waals surface area contributed by atoms with Crippen LogP contribution in [0.15, 0.2) is 12.7 Å². The molecule has 0 aliphatic carbocycles. The summed E-state index contributed by atoms with van der Waals surface area (Å²) in [4.78, 5) is 0. The first-order valence-corrected chi connectivity index (χ1v) is 10.7. The highest BCUT2D eigenvalue weighted by Crippen LogP contribution is 2.37. The van der Waals surface area contributed by atoms with Gasteiger partial charge in [0.2, 0.25) is 0 Å². The van der Waals surface area contributed by atoms with Crippen LogP contribution in [0.2, 0.25) is 0 Å². The minimum Gasteiger partial charge on any atom is -0.242 e. The molecule has 3 atom stereocenters. The predicted molar refractivity (Wildman–Crippen MR) is 106 cm³/mol. The second kappa shape index (κ2) is 11.4. The first-order valence-electron chi connectivity index (χ1n) is 9.59. The molecule has 0 rings (SSSR count). The predicted octanol–water partition coefficient (Wildman–Crippen LogP) is 6.15. The van der Waals surface area contributed by atoms with Crippen molar-refractivity contribution < 1.29 is 4.21 Å². The van der Waals surface area contributed by atoms with Crippen LogP contribution in [0.4, 0.5) is 0 Å². The van der Waals surface area contributed by atoms with Crippen molar-refractivity contribution in [2.24, 2.45) is 5.41 Å². The SMILES string of the molecule is C=C[C@@](CC)(CCCCCC)[C@@H](CCCC)N[S@](=O)C(C)(C)C. The van der Waals surface area contributed by atoms with Crippen molar-refractivity contribution in [1.82, 2.24) is 4.72 Å². The van der Waals surface area contributed by atoms with Crippen molar-refractivity contribution in [1.29, 1.82) is 0 Å². The van der Waals surface area contributed by atoms with E-state index in [1.807, 2.05) is 20.8 Å². The first-order chi connectivity index (χ1) is 10.8. The van der Waals surface area contributed by atoms with Crippen LogP contribution in [0.1, 0.15) is 99.3 Å². The lowest BCUT2D eigenvalue weighted by atomic mass is 9.72. The first kappa shape index (κ1) is 22.9. The molecule has 0 aliphatic heterocycles. The zero-order valence-corrected chi connectivity index (χ0v) is 17.4. The summed E-state index contributed by atoms with van der Waals surface area (Å²) in [6, 6.07) is 0.256. The molecule has 0 spiro atoms. The summed E-state index contributed by atoms with van der Waals surface area (Å²) in [5.74, 6) is 0. The molecule has 2 nitrogen and oxygen atoms in total. The molecule has 0 unspecified atom stereocenters. The molecule has 0 bridgehead atoms. The fraction of sp³-hybridized carbons (Fsp3) is 0.900. The Kier molecular flexibility index (Phi) is 11.3. The number of nitrogens with one attached hydrogen (secondary N) is 1. The number of hydrogen-bond donors (Lipinski definition) is 1. The van der Waals surface area contributed by atoms with Gasteiger partial charge in [-0.25, -0.2) is 8.93 Å². The van der Waals surface area contributed by atoms with Crippen LogP contribution >= 0.6 is 0 Å². The van der Waals surface area contributed by atoms with Gasteiger partial charge in [-0.1, -0.05) is 65.4 Å². The van der Waals surface area contributed by atoms with E-state index < -0.39 is 11.0 Å². The van der Waals surface area contributed by atoms with Crippen molar-refractivity contribution in [2.45, 2.75) is 110 Å². The third-order valence-electron chi connectivity index (χ3n) is 4.91. The van der Waals surface area contributed by atoms with E-state index in [9.17, 15) is 4.21 Å². The fourth-order valence-electron chi connectivity index (χ4n) is 3.04. The van der Waals surface area contributed by atoms with Gasteiger partial charge in [-0.2, -0.15) is 0 Å². The van der Waals surface area contributed by atoms with Gasteiger partial charge in [-0.3, -0.25) is 0 Å². The van der Waals surface area contributed by atoms with Gasteiger partial charge in [0.05, 0.1) is 15.7 Å². The molecular formula is C20H41NOS. The number of rotatable bonds is 13. The van der Waals surface area contributed by atoms with Gasteiger partial charge in [-0.15, -0.1) is 6.58 Å². The molecule has 0 saturated heterocycles. The van der Waals surface area contributed by atoms with Gasteiger partial charge in [0, 0.05) is 11.5 Å². The minimum atomic E-state index is -1.03. The van der Waals surface area contributed by atoms with Gasteiger partial charge >= 0.3 is 0 Å². The van der Waals surface area contributed by atoms with E-state index in [4.69, 9.17) is 0 Å². The van der Waals surface area contributed by atoms with Crippen molar-refractivity contribution >= 4 is 11.0 Å². The van der Waals surface area contributed by atoms with Crippen LogP contribution in [-0.2, 0) is 11.0 Å². The van der Waals surface area contributed by atoms with Gasteiger partial charge in [0.15, 0.2) is 0 Å². The van der Waals surface area contributed by atoms with E-state index in [2.05, 4.69) is 38.1 Å². The molecule has 1 N–H and O–H groups in total. The molecule has 0 aromatic heterocycles. The highest BCUT2D eigenvalue weighted by Gasteiger charge is 2.36. The molecule has 0 radical (unpaired) electrons. The summed E-state index contributed by atoms with van der Waals surface area (Å²) in [5, 5.41) is 0. The van der Waals surface area contributed by atoms with Crippen LogP contribution in [0.3, 0.4) is 0 Å². The second-order valence-corrected chi connectivity index (χ2v) is 9.79. The maximum Gasteiger partial charge on any atom is 0.0973 e. The lowest BCUT2D eigenvalue weighted by Gasteiger charge is -2.39. The Morgan fingerprint density at radius 3 is 2.09 bits per heavy atom. The Morgan fingerprint density at radius 1 is 1.04 bits per heavy atom. The Morgan fingerprint density at radius 2 is 1.65 bits per heavy atom. The van der Waals surface area contributed by atoms with Gasteiger partial charge < -0.3 is 0 Å². The monoisotopic (exact) mass is 343 g/mol. The zero-order valence-electron chi connectivity index (χ0n) is 16.5. The molecule has 3 heteroatoms. The summed E-state index contributed by atoms with van der Waals surface area (Å²) in [6.45, 7) is 17.0. The molecule has 0 saturated carbocycles. The summed E-state index contributed by atoms with van der Waals surface area (Å²) in [6.07, 6.45) is 12.9. The van der Waals surface area contributed by atoms with E-state index in [0.717, 1.165) is 19.3 Å². The Bertz CT molecular complexity index is 348. The number of hydrogen-bond acceptors (Lipinski definition) is 1. The standard InChI is InChI=1S/C20H41NOS/c1-8-12-14-15-17-20(10-3,11-4)18(16-13-9-2)21-23(22)19(5,6)7/h10,18,21H,3,8-9,11-17H2,1-2,4-7H3/t18-,20-,23-/m1/s1. The zero-order chi connectivity index (χ0) is 17.9. The van der Waals surface area contributed by atoms with Crippen LogP contribution < -0.4 is 4.72 Å². The smallest absolute Gasteiger partial charge is 0.0973 e. The molecule has 0 amide bonds. The van der Waals surface area contributed by atoms with Crippen LogP contribution in [0.25, 0.3) is 0 Å². The Hall–Kier alpha value is -0.150. The van der Waals surface area contributed by atoms with Gasteiger partial charge in [0.1, 0.15) is 0 Å². The fourth-order valence-corrected chi connectivity index (χ4v) is 4.01. The largest absolute Gasteiger partial charge is 0.242 e. The van der Waals surface area contributed by atoms with E-state index in [-0.39, 0.29) is 16.2 Å². The second-order valence-electron chi connectivity index (χ2n) is 7.80. The van der Waals surface area contributed by atoms with Crippen molar-refractivity contribution in [3.8, 4) is 0 Å². The van der Waals surface area contributed by atoms with Crippen molar-refractivity contribution in [3.63, 3.8) is 0 Å². The normalized spacial score (nSPS) is 17.5. The lowest BCUT2D eigenvalue weighted by molar-refractivity contribution is 0.230. The van der Waals surface area contributed by atoms with Crippen LogP contribution in [-0.4, -0.2) is 15.0 Å². The molecule has 23 heavy (non-hydrogen) atoms. The van der Waals surface area contributed by atoms with E-state index in [1.165, 1.54) is 38.5 Å². The Labute approximate surface area is 148 Å². The summed E-state index contributed by atoms with van der Waals surface area (Å²) in [7, 11) is -1.03. The van der Waals surface area contributed by atoms with Gasteiger partial charge in [-0.05, 0) is 40.0 Å². The summed E-state index contributed by atoms with van der Waals surface area (Å²) in [5.41, 5.74) is 0.0593. The lowest BCUT2D eigenvalue weighted by Crippen LogP contribution is -2.48. The maximum absolute atomic E-state index is 12.7. The molecule has 0 fully saturated rings. The van der Waals surface area contributed by atoms with Crippen molar-refractivity contribution in [3.05, 3.63) is 12.7 Å². The van der Waals surface area contributed by atoms with Gasteiger partial charge in [0.25, 0.3) is 0 Å². The molecule has 0 aromatic carbocycles. The molecular weight excluding hydrogens is 302 g/mol. The molecule has 138 valence electrons. The van der Waals surface area contributed by atoms with Crippen molar-refractivity contribution in [2.75, 3.05) is 0 Å². The van der Waals surface area contributed by atoms with E-state index in [0.29, 0.717) is 0 Å². The van der Waals surface area contributed by atoms with Crippen LogP contribution in [0.5, 0.6) is 0 Å². The number of unbranched alkanes of at least 4 members (excludes halogenated alkanes) is 4. The quantitative estimate of drug-likeness (QED) is 0.315. The molecule has 0 aliphatic rings. The average Bonchev–Trinajstić information content (AvgIpc) is 2.51. The average molecular weight is 344 g/mol. The van der Waals surface area contributed by atoms with E-state index in [1.54, 1.807) is 0 Å². The van der Waals surface area contributed by atoms with E-state index >= 15 is 0 Å². The summed E-state index contributed by atoms with van der Waals surface area (Å²) >= 11 is 0. The summed E-state index contributed by atoms with van der Waals surface area (Å²) < 4.78 is 15.9. The minimum absolute atomic E-state index is 0.0593. The highest BCUT2D eigenvalue weighted by atomic mass is 32.2.